The first-order chi connectivity index (χ1) is 22.2. The van der Waals surface area contributed by atoms with E-state index in [4.69, 9.17) is 0 Å². The van der Waals surface area contributed by atoms with Crippen LogP contribution in [0.15, 0.2) is 121 Å². The third kappa shape index (κ3) is 3.50. The van der Waals surface area contributed by atoms with Crippen LogP contribution in [-0.2, 0) is 10.8 Å². The van der Waals surface area contributed by atoms with Crippen LogP contribution in [0.4, 0.5) is 17.1 Å². The van der Waals surface area contributed by atoms with Gasteiger partial charge in [-0.2, -0.15) is 0 Å². The van der Waals surface area contributed by atoms with Crippen molar-refractivity contribution >= 4 is 28.4 Å². The molecule has 224 valence electrons. The predicted octanol–water partition coefficient (Wildman–Crippen LogP) is 11.3. The Morgan fingerprint density at radius 2 is 1.22 bits per heavy atom. The number of nitrogens with zero attached hydrogens (tertiary/aromatic N) is 1. The topological polar surface area (TPSA) is 20.3 Å². The minimum Gasteiger partial charge on any atom is -0.310 e. The smallest absolute Gasteiger partial charge is 0.196 e. The molecule has 5 aromatic carbocycles. The summed E-state index contributed by atoms with van der Waals surface area (Å²) in [6, 6.07) is 37.0. The number of anilines is 3. The Hall–Kier alpha value is -4.95. The Morgan fingerprint density at radius 1 is 0.609 bits per heavy atom. The minimum atomic E-state index is -0.135. The van der Waals surface area contributed by atoms with Crippen molar-refractivity contribution in [2.45, 2.75) is 51.9 Å². The third-order valence-electron chi connectivity index (χ3n) is 11.3. The molecule has 1 atom stereocenters. The Labute approximate surface area is 271 Å². The molecule has 2 heteroatoms. The molecule has 4 aliphatic rings. The monoisotopic (exact) mass is 595 g/mol. The molecular formula is C44H37NO. The first-order valence-electron chi connectivity index (χ1n) is 16.6. The van der Waals surface area contributed by atoms with Crippen molar-refractivity contribution in [3.05, 3.63) is 154 Å². The van der Waals surface area contributed by atoms with Gasteiger partial charge in [0.1, 0.15) is 0 Å². The minimum absolute atomic E-state index is 0.0806. The highest BCUT2D eigenvalue weighted by molar-refractivity contribution is 6.25. The molecular weight excluding hydrogens is 558 g/mol. The maximum absolute atomic E-state index is 14.2. The van der Waals surface area contributed by atoms with Crippen LogP contribution in [-0.4, -0.2) is 5.78 Å². The molecule has 0 saturated carbocycles. The molecule has 0 fully saturated rings. The van der Waals surface area contributed by atoms with Gasteiger partial charge in [0, 0.05) is 27.8 Å². The standard InChI is InChI=1S/C44H37NO/c1-26-12-10-17-34-32-23-21-28(25-38(32)44(4,5)41(26)34)45(39-19-11-16-33-29-13-6-7-15-35(29)42(46)40(33)39)27-20-22-31-30-14-8-9-18-36(30)43(2,3)37(31)24-27/h6-11,13-26H,12H2,1-5H3. The quantitative estimate of drug-likeness (QED) is 0.203. The molecule has 0 bridgehead atoms. The number of fused-ring (bicyclic) bond motifs is 8. The normalized spacial score (nSPS) is 18.9. The largest absolute Gasteiger partial charge is 0.310 e. The third-order valence-corrected chi connectivity index (χ3v) is 11.3. The summed E-state index contributed by atoms with van der Waals surface area (Å²) in [6.45, 7) is 11.8. The number of benzene rings is 5. The van der Waals surface area contributed by atoms with E-state index in [-0.39, 0.29) is 16.6 Å². The fourth-order valence-corrected chi connectivity index (χ4v) is 9.12. The molecule has 0 heterocycles. The first-order valence-corrected chi connectivity index (χ1v) is 16.6. The van der Waals surface area contributed by atoms with Crippen molar-refractivity contribution in [2.24, 2.45) is 5.92 Å². The number of carbonyl (C=O) groups is 1. The highest BCUT2D eigenvalue weighted by Crippen LogP contribution is 2.55. The lowest BCUT2D eigenvalue weighted by Crippen LogP contribution is -2.23. The molecule has 4 aliphatic carbocycles. The fourth-order valence-electron chi connectivity index (χ4n) is 9.12. The second-order valence-electron chi connectivity index (χ2n) is 14.5. The number of hydrogen-bond acceptors (Lipinski definition) is 2. The van der Waals surface area contributed by atoms with Crippen molar-refractivity contribution in [1.82, 2.24) is 0 Å². The van der Waals surface area contributed by atoms with Crippen LogP contribution in [0.3, 0.4) is 0 Å². The van der Waals surface area contributed by atoms with Crippen molar-refractivity contribution in [3.63, 3.8) is 0 Å². The maximum atomic E-state index is 14.2. The van der Waals surface area contributed by atoms with Crippen LogP contribution in [0.5, 0.6) is 0 Å². The molecule has 0 N–H and O–H groups in total. The maximum Gasteiger partial charge on any atom is 0.196 e. The molecule has 5 aromatic rings. The van der Waals surface area contributed by atoms with Gasteiger partial charge in [-0.1, -0.05) is 120 Å². The van der Waals surface area contributed by atoms with Crippen molar-refractivity contribution < 1.29 is 4.79 Å². The van der Waals surface area contributed by atoms with E-state index in [2.05, 4.69) is 137 Å². The van der Waals surface area contributed by atoms with E-state index in [1.807, 2.05) is 18.2 Å². The molecule has 0 radical (unpaired) electrons. The molecule has 0 aliphatic heterocycles. The molecule has 2 nitrogen and oxygen atoms in total. The summed E-state index contributed by atoms with van der Waals surface area (Å²) in [7, 11) is 0. The van der Waals surface area contributed by atoms with Crippen LogP contribution >= 0.6 is 0 Å². The van der Waals surface area contributed by atoms with Crippen molar-refractivity contribution in [1.29, 1.82) is 0 Å². The van der Waals surface area contributed by atoms with E-state index < -0.39 is 0 Å². The summed E-state index contributed by atoms with van der Waals surface area (Å²) in [5.41, 5.74) is 17.3. The number of carbonyl (C=O) groups excluding carboxylic acids is 1. The predicted molar refractivity (Wildman–Crippen MR) is 190 cm³/mol. The van der Waals surface area contributed by atoms with Gasteiger partial charge in [0.05, 0.1) is 11.3 Å². The number of ketones is 1. The summed E-state index contributed by atoms with van der Waals surface area (Å²) < 4.78 is 0. The first kappa shape index (κ1) is 27.4. The van der Waals surface area contributed by atoms with Gasteiger partial charge in [-0.25, -0.2) is 0 Å². The van der Waals surface area contributed by atoms with Crippen LogP contribution in [0.2, 0.25) is 0 Å². The molecule has 1 unspecified atom stereocenters. The molecule has 0 saturated heterocycles. The molecule has 9 rings (SSSR count). The second-order valence-corrected chi connectivity index (χ2v) is 14.5. The van der Waals surface area contributed by atoms with Gasteiger partial charge in [0.2, 0.25) is 0 Å². The zero-order valence-electron chi connectivity index (χ0n) is 27.1. The number of hydrogen-bond donors (Lipinski definition) is 0. The fraction of sp³-hybridized carbons (Fsp3) is 0.205. The zero-order chi connectivity index (χ0) is 31.5. The highest BCUT2D eigenvalue weighted by Gasteiger charge is 2.41. The van der Waals surface area contributed by atoms with Crippen LogP contribution < -0.4 is 4.90 Å². The van der Waals surface area contributed by atoms with E-state index in [1.165, 1.54) is 44.5 Å². The summed E-state index contributed by atoms with van der Waals surface area (Å²) in [5, 5.41) is 0. The van der Waals surface area contributed by atoms with E-state index in [1.54, 1.807) is 0 Å². The summed E-state index contributed by atoms with van der Waals surface area (Å²) in [6.07, 6.45) is 5.75. The van der Waals surface area contributed by atoms with Crippen LogP contribution in [0.25, 0.3) is 27.8 Å². The SMILES string of the molecule is CC1CC=CC2=C1C(C)(C)c1cc(N(c3ccc4c(c3)C(C)(C)c3ccccc3-4)c3cccc4c3C(=O)c3ccccc3-4)ccc12. The van der Waals surface area contributed by atoms with E-state index in [0.717, 1.165) is 45.7 Å². The average molecular weight is 596 g/mol. The van der Waals surface area contributed by atoms with E-state index in [9.17, 15) is 4.79 Å². The van der Waals surface area contributed by atoms with Gasteiger partial charge >= 0.3 is 0 Å². The Balaban J connectivity index is 1.28. The van der Waals surface area contributed by atoms with Gasteiger partial charge in [-0.05, 0) is 98.3 Å². The number of rotatable bonds is 3. The average Bonchev–Trinajstić information content (AvgIpc) is 3.58. The summed E-state index contributed by atoms with van der Waals surface area (Å²) in [4.78, 5) is 16.5. The van der Waals surface area contributed by atoms with Crippen LogP contribution in [0, 0.1) is 5.92 Å². The number of allylic oxidation sites excluding steroid dienone is 4. The zero-order valence-corrected chi connectivity index (χ0v) is 27.1. The Bertz CT molecular complexity index is 2230. The van der Waals surface area contributed by atoms with Gasteiger partial charge < -0.3 is 4.90 Å². The highest BCUT2D eigenvalue weighted by atomic mass is 16.1. The van der Waals surface area contributed by atoms with Crippen molar-refractivity contribution in [3.8, 4) is 22.3 Å². The molecule has 46 heavy (non-hydrogen) atoms. The lowest BCUT2D eigenvalue weighted by Gasteiger charge is -2.32. The Kier molecular flexibility index (Phi) is 5.53. The molecule has 0 spiro atoms. The van der Waals surface area contributed by atoms with E-state index in [0.29, 0.717) is 5.92 Å². The summed E-state index contributed by atoms with van der Waals surface area (Å²) >= 11 is 0. The molecule has 0 aromatic heterocycles. The lowest BCUT2D eigenvalue weighted by atomic mass is 9.74. The lowest BCUT2D eigenvalue weighted by molar-refractivity contribution is 0.104. The van der Waals surface area contributed by atoms with E-state index >= 15 is 0 Å². The van der Waals surface area contributed by atoms with Crippen LogP contribution in [0.1, 0.15) is 79.2 Å². The van der Waals surface area contributed by atoms with Gasteiger partial charge in [-0.15, -0.1) is 0 Å². The second kappa shape index (κ2) is 9.30. The molecule has 0 amide bonds. The van der Waals surface area contributed by atoms with Gasteiger partial charge in [0.15, 0.2) is 5.78 Å². The Morgan fingerprint density at radius 3 is 1.98 bits per heavy atom. The van der Waals surface area contributed by atoms with Gasteiger partial charge in [-0.3, -0.25) is 4.79 Å². The van der Waals surface area contributed by atoms with Crippen molar-refractivity contribution in [2.75, 3.05) is 4.90 Å². The summed E-state index contributed by atoms with van der Waals surface area (Å²) in [5.74, 6) is 0.605. The van der Waals surface area contributed by atoms with Gasteiger partial charge in [0.25, 0.3) is 0 Å².